The van der Waals surface area contributed by atoms with Crippen molar-refractivity contribution >= 4 is 17.6 Å². The molecule has 1 aromatic carbocycles. The lowest BCUT2D eigenvalue weighted by Gasteiger charge is -2.22. The number of hydrogen-bond acceptors (Lipinski definition) is 2. The summed E-state index contributed by atoms with van der Waals surface area (Å²) in [6, 6.07) is 7.19. The molecule has 2 nitrogen and oxygen atoms in total. The maximum Gasteiger partial charge on any atom is 0.315 e. The Kier molecular flexibility index (Phi) is 7.46. The van der Waals surface area contributed by atoms with E-state index in [1.54, 1.807) is 18.2 Å². The van der Waals surface area contributed by atoms with Crippen LogP contribution < -0.4 is 0 Å². The van der Waals surface area contributed by atoms with Gasteiger partial charge in [-0.2, -0.15) is 0 Å². The molecule has 2 unspecified atom stereocenters. The summed E-state index contributed by atoms with van der Waals surface area (Å²) in [6.07, 6.45) is 12.3. The minimum absolute atomic E-state index is 0.0668. The molecule has 1 rings (SSSR count). The normalized spacial score (nSPS) is 13.8. The zero-order valence-corrected chi connectivity index (χ0v) is 14.4. The Bertz CT molecular complexity index is 642. The minimum atomic E-state index is -0.704. The van der Waals surface area contributed by atoms with E-state index in [0.717, 1.165) is 11.1 Å². The fourth-order valence-electron chi connectivity index (χ4n) is 2.24. The predicted molar refractivity (Wildman–Crippen MR) is 95.0 cm³/mol. The number of rotatable bonds is 6. The molecule has 0 aliphatic heterocycles. The fourth-order valence-corrected chi connectivity index (χ4v) is 2.36. The zero-order valence-electron chi connectivity index (χ0n) is 13.7. The van der Waals surface area contributed by atoms with E-state index in [-0.39, 0.29) is 11.9 Å². The van der Waals surface area contributed by atoms with Crippen LogP contribution in [-0.4, -0.2) is 12.1 Å². The molecule has 23 heavy (non-hydrogen) atoms. The molecule has 2 atom stereocenters. The molecule has 0 aliphatic carbocycles. The van der Waals surface area contributed by atoms with Crippen LogP contribution in [0.1, 0.15) is 38.7 Å². The number of hydrogen-bond donors (Lipinski definition) is 0. The number of halogens is 1. The molecule has 0 amide bonds. The SMILES string of the molecule is C#CCC=C(C)C(C#C)OC(=O)C(c1ccc(Cl)cc1)C(C)C. The van der Waals surface area contributed by atoms with E-state index in [1.165, 1.54) is 0 Å². The van der Waals surface area contributed by atoms with Crippen molar-refractivity contribution < 1.29 is 9.53 Å². The lowest BCUT2D eigenvalue weighted by molar-refractivity contribution is -0.148. The van der Waals surface area contributed by atoms with Crippen molar-refractivity contribution in [3.05, 3.63) is 46.5 Å². The Morgan fingerprint density at radius 2 is 1.91 bits per heavy atom. The molecule has 3 heteroatoms. The number of benzene rings is 1. The van der Waals surface area contributed by atoms with Gasteiger partial charge in [0.2, 0.25) is 0 Å². The van der Waals surface area contributed by atoms with Crippen LogP contribution >= 0.6 is 11.6 Å². The molecule has 0 radical (unpaired) electrons. The maximum atomic E-state index is 12.6. The summed E-state index contributed by atoms with van der Waals surface area (Å²) in [4.78, 5) is 12.6. The highest BCUT2D eigenvalue weighted by Crippen LogP contribution is 2.28. The number of terminal acetylenes is 2. The Morgan fingerprint density at radius 1 is 1.30 bits per heavy atom. The highest BCUT2D eigenvalue weighted by atomic mass is 35.5. The van der Waals surface area contributed by atoms with Crippen LogP contribution in [0.4, 0.5) is 0 Å². The molecule has 0 bridgehead atoms. The van der Waals surface area contributed by atoms with E-state index in [4.69, 9.17) is 29.2 Å². The predicted octanol–water partition coefficient (Wildman–Crippen LogP) is 4.59. The van der Waals surface area contributed by atoms with Gasteiger partial charge in [0.05, 0.1) is 5.92 Å². The number of allylic oxidation sites excluding steroid dienone is 1. The topological polar surface area (TPSA) is 26.3 Å². The summed E-state index contributed by atoms with van der Waals surface area (Å²) < 4.78 is 5.52. The van der Waals surface area contributed by atoms with Crippen LogP contribution in [0.2, 0.25) is 5.02 Å². The van der Waals surface area contributed by atoms with E-state index < -0.39 is 12.0 Å². The third kappa shape index (κ3) is 5.51. The van der Waals surface area contributed by atoms with Crippen molar-refractivity contribution in [1.29, 1.82) is 0 Å². The van der Waals surface area contributed by atoms with Gasteiger partial charge in [-0.3, -0.25) is 4.79 Å². The molecular weight excluding hydrogens is 308 g/mol. The quantitative estimate of drug-likeness (QED) is 0.433. The van der Waals surface area contributed by atoms with Gasteiger partial charge in [0.15, 0.2) is 6.10 Å². The first-order valence-corrected chi connectivity index (χ1v) is 7.80. The largest absolute Gasteiger partial charge is 0.444 e. The van der Waals surface area contributed by atoms with Crippen molar-refractivity contribution in [2.75, 3.05) is 0 Å². The Hall–Kier alpha value is -2.16. The van der Waals surface area contributed by atoms with E-state index in [9.17, 15) is 4.79 Å². The van der Waals surface area contributed by atoms with Crippen LogP contribution in [-0.2, 0) is 9.53 Å². The molecule has 0 saturated heterocycles. The molecular formula is C20H21ClO2. The van der Waals surface area contributed by atoms with Crippen molar-refractivity contribution in [2.24, 2.45) is 5.92 Å². The van der Waals surface area contributed by atoms with Crippen LogP contribution in [0.5, 0.6) is 0 Å². The second kappa shape index (κ2) is 9.09. The van der Waals surface area contributed by atoms with Crippen molar-refractivity contribution in [1.82, 2.24) is 0 Å². The number of esters is 1. The van der Waals surface area contributed by atoms with Crippen LogP contribution in [0.25, 0.3) is 0 Å². The van der Waals surface area contributed by atoms with Crippen molar-refractivity contribution in [3.63, 3.8) is 0 Å². The summed E-state index contributed by atoms with van der Waals surface area (Å²) in [5.74, 6) is 4.32. The van der Waals surface area contributed by atoms with E-state index in [1.807, 2.05) is 32.9 Å². The van der Waals surface area contributed by atoms with E-state index in [2.05, 4.69) is 11.8 Å². The second-order valence-electron chi connectivity index (χ2n) is 5.61. The molecule has 0 spiro atoms. The summed E-state index contributed by atoms with van der Waals surface area (Å²) in [6.45, 7) is 5.74. The average Bonchev–Trinajstić information content (AvgIpc) is 2.52. The summed E-state index contributed by atoms with van der Waals surface area (Å²) >= 11 is 5.91. The van der Waals surface area contributed by atoms with Gasteiger partial charge in [0.1, 0.15) is 0 Å². The van der Waals surface area contributed by atoms with Gasteiger partial charge in [0, 0.05) is 11.4 Å². The van der Waals surface area contributed by atoms with Crippen LogP contribution in [0.15, 0.2) is 35.9 Å². The van der Waals surface area contributed by atoms with E-state index >= 15 is 0 Å². The van der Waals surface area contributed by atoms with Gasteiger partial charge in [-0.25, -0.2) is 0 Å². The third-order valence-electron chi connectivity index (χ3n) is 3.49. The monoisotopic (exact) mass is 328 g/mol. The molecule has 0 fully saturated rings. The molecule has 0 heterocycles. The summed E-state index contributed by atoms with van der Waals surface area (Å²) in [5, 5.41) is 0.624. The first-order valence-electron chi connectivity index (χ1n) is 7.42. The number of carbonyl (C=O) groups excluding carboxylic acids is 1. The van der Waals surface area contributed by atoms with Gasteiger partial charge < -0.3 is 4.74 Å². The number of ether oxygens (including phenoxy) is 1. The second-order valence-corrected chi connectivity index (χ2v) is 6.05. The highest BCUT2D eigenvalue weighted by molar-refractivity contribution is 6.30. The van der Waals surface area contributed by atoms with Crippen LogP contribution in [0.3, 0.4) is 0 Å². The molecule has 0 aliphatic rings. The molecule has 1 aromatic rings. The smallest absolute Gasteiger partial charge is 0.315 e. The van der Waals surface area contributed by atoms with Crippen LogP contribution in [0, 0.1) is 30.6 Å². The molecule has 0 saturated carbocycles. The Labute approximate surface area is 143 Å². The lowest BCUT2D eigenvalue weighted by atomic mass is 9.88. The average molecular weight is 329 g/mol. The maximum absolute atomic E-state index is 12.6. The summed E-state index contributed by atoms with van der Waals surface area (Å²) in [5.41, 5.74) is 1.62. The highest BCUT2D eigenvalue weighted by Gasteiger charge is 2.28. The zero-order chi connectivity index (χ0) is 17.4. The van der Waals surface area contributed by atoms with Gasteiger partial charge in [-0.15, -0.1) is 18.8 Å². The standard InChI is InChI=1S/C20H21ClO2/c1-6-8-9-15(5)18(7-2)23-20(22)19(14(3)4)16-10-12-17(21)13-11-16/h1-2,9-14,18-19H,8H2,3-5H3. The van der Waals surface area contributed by atoms with Gasteiger partial charge >= 0.3 is 5.97 Å². The van der Waals surface area contributed by atoms with Gasteiger partial charge in [-0.1, -0.05) is 49.6 Å². The molecule has 0 aromatic heterocycles. The Morgan fingerprint density at radius 3 is 2.39 bits per heavy atom. The van der Waals surface area contributed by atoms with Crippen molar-refractivity contribution in [2.45, 2.75) is 39.2 Å². The first-order chi connectivity index (χ1) is 10.9. The third-order valence-corrected chi connectivity index (χ3v) is 3.74. The van der Waals surface area contributed by atoms with Gasteiger partial charge in [-0.05, 0) is 36.1 Å². The van der Waals surface area contributed by atoms with Gasteiger partial charge in [0.25, 0.3) is 0 Å². The molecule has 0 N–H and O–H groups in total. The first kappa shape index (κ1) is 18.9. The summed E-state index contributed by atoms with van der Waals surface area (Å²) in [7, 11) is 0. The Balaban J connectivity index is 2.97. The fraction of sp³-hybridized carbons (Fsp3) is 0.350. The number of carbonyl (C=O) groups is 1. The van der Waals surface area contributed by atoms with Crippen molar-refractivity contribution in [3.8, 4) is 24.7 Å². The molecule has 120 valence electrons. The minimum Gasteiger partial charge on any atom is -0.444 e. The van der Waals surface area contributed by atoms with E-state index in [0.29, 0.717) is 11.4 Å². The lowest BCUT2D eigenvalue weighted by Crippen LogP contribution is -2.26.